The number of aromatic nitrogens is 2. The van der Waals surface area contributed by atoms with E-state index in [-0.39, 0.29) is 16.8 Å². The van der Waals surface area contributed by atoms with Crippen LogP contribution in [0.4, 0.5) is 0 Å². The number of nitrogens with two attached hydrogens (primary N) is 1. The van der Waals surface area contributed by atoms with Gasteiger partial charge >= 0.3 is 0 Å². The highest BCUT2D eigenvalue weighted by atomic mass is 32.2. The molecule has 4 N–H and O–H groups in total. The second kappa shape index (κ2) is 5.53. The van der Waals surface area contributed by atoms with Crippen LogP contribution in [-0.2, 0) is 16.6 Å². The number of aryl methyl sites for hydroxylation is 2. The van der Waals surface area contributed by atoms with Gasteiger partial charge in [0, 0.05) is 12.7 Å². The van der Waals surface area contributed by atoms with Gasteiger partial charge < -0.3 is 10.3 Å². The lowest BCUT2D eigenvalue weighted by Gasteiger charge is -2.15. The van der Waals surface area contributed by atoms with E-state index < -0.39 is 16.1 Å². The summed E-state index contributed by atoms with van der Waals surface area (Å²) < 4.78 is 28.9. The minimum Gasteiger partial charge on any atom is -0.386 e. The molecule has 1 aromatic heterocycles. The molecule has 0 aromatic carbocycles. The summed E-state index contributed by atoms with van der Waals surface area (Å²) in [7, 11) is -3.73. The van der Waals surface area contributed by atoms with Crippen molar-refractivity contribution in [3.05, 3.63) is 12.0 Å². The standard InChI is InChI=1S/C12H21N5O2S/c1-3-6-17-7-10(15-8(17)2)20(18,19)16-11(12(13)14)9-4-5-9/h7,9,11,16H,3-6H2,1-2H3,(H3,13,14). The van der Waals surface area contributed by atoms with Gasteiger partial charge in [-0.05, 0) is 32.1 Å². The molecule has 0 amide bonds. The molecule has 0 aliphatic heterocycles. The van der Waals surface area contributed by atoms with E-state index in [1.807, 2.05) is 11.5 Å². The Balaban J connectivity index is 2.21. The molecule has 1 aliphatic rings. The summed E-state index contributed by atoms with van der Waals surface area (Å²) in [6.45, 7) is 4.52. The Morgan fingerprint density at radius 2 is 2.30 bits per heavy atom. The van der Waals surface area contributed by atoms with Crippen LogP contribution in [0, 0.1) is 18.3 Å². The molecule has 20 heavy (non-hydrogen) atoms. The van der Waals surface area contributed by atoms with Crippen molar-refractivity contribution in [3.8, 4) is 0 Å². The molecule has 1 aromatic rings. The summed E-state index contributed by atoms with van der Waals surface area (Å²) in [6.07, 6.45) is 4.24. The Morgan fingerprint density at radius 3 is 2.80 bits per heavy atom. The Labute approximate surface area is 119 Å². The van der Waals surface area contributed by atoms with Gasteiger partial charge in [0.15, 0.2) is 5.03 Å². The van der Waals surface area contributed by atoms with Crippen molar-refractivity contribution in [1.82, 2.24) is 14.3 Å². The van der Waals surface area contributed by atoms with E-state index in [9.17, 15) is 8.42 Å². The van der Waals surface area contributed by atoms with E-state index in [2.05, 4.69) is 9.71 Å². The SMILES string of the molecule is CCCn1cc(S(=O)(=O)NC(C(=N)N)C2CC2)nc1C. The number of hydrogen-bond donors (Lipinski definition) is 3. The van der Waals surface area contributed by atoms with E-state index in [1.54, 1.807) is 6.92 Å². The largest absolute Gasteiger partial charge is 0.386 e. The number of rotatable bonds is 7. The van der Waals surface area contributed by atoms with Gasteiger partial charge in [-0.15, -0.1) is 0 Å². The van der Waals surface area contributed by atoms with Gasteiger partial charge in [0.2, 0.25) is 0 Å². The molecule has 1 aliphatic carbocycles. The number of imidazole rings is 1. The summed E-state index contributed by atoms with van der Waals surface area (Å²) in [5, 5.41) is 7.50. The fourth-order valence-corrected chi connectivity index (χ4v) is 3.44. The zero-order valence-electron chi connectivity index (χ0n) is 11.8. The summed E-state index contributed by atoms with van der Waals surface area (Å²) in [5.41, 5.74) is 5.48. The lowest BCUT2D eigenvalue weighted by molar-refractivity contribution is 0.559. The maximum atomic E-state index is 12.3. The van der Waals surface area contributed by atoms with Crippen LogP contribution < -0.4 is 10.5 Å². The number of nitrogens with zero attached hydrogens (tertiary/aromatic N) is 2. The smallest absolute Gasteiger partial charge is 0.260 e. The number of hydrogen-bond acceptors (Lipinski definition) is 4. The topological polar surface area (TPSA) is 114 Å². The molecular formula is C12H21N5O2S. The van der Waals surface area contributed by atoms with E-state index >= 15 is 0 Å². The summed E-state index contributed by atoms with van der Waals surface area (Å²) in [4.78, 5) is 4.09. The quantitative estimate of drug-likeness (QED) is 0.505. The predicted molar refractivity (Wildman–Crippen MR) is 76.0 cm³/mol. The lowest BCUT2D eigenvalue weighted by atomic mass is 10.2. The normalized spacial score (nSPS) is 17.1. The first-order chi connectivity index (χ1) is 9.35. The molecule has 0 saturated heterocycles. The average Bonchev–Trinajstić information content (AvgIpc) is 3.12. The molecule has 0 bridgehead atoms. The highest BCUT2D eigenvalue weighted by Crippen LogP contribution is 2.33. The minimum absolute atomic E-state index is 0.00431. The molecule has 1 atom stereocenters. The zero-order chi connectivity index (χ0) is 14.9. The second-order valence-electron chi connectivity index (χ2n) is 5.21. The van der Waals surface area contributed by atoms with E-state index in [0.717, 1.165) is 25.8 Å². The maximum Gasteiger partial charge on any atom is 0.260 e. The third-order valence-electron chi connectivity index (χ3n) is 3.40. The van der Waals surface area contributed by atoms with Crippen LogP contribution in [0.25, 0.3) is 0 Å². The summed E-state index contributed by atoms with van der Waals surface area (Å²) in [5.74, 6) is 0.667. The monoisotopic (exact) mass is 299 g/mol. The van der Waals surface area contributed by atoms with Crippen molar-refractivity contribution in [2.45, 2.75) is 50.7 Å². The van der Waals surface area contributed by atoms with Gasteiger partial charge in [0.25, 0.3) is 10.0 Å². The van der Waals surface area contributed by atoms with Crippen molar-refractivity contribution >= 4 is 15.9 Å². The molecule has 1 heterocycles. The fraction of sp³-hybridized carbons (Fsp3) is 0.667. The minimum atomic E-state index is -3.73. The molecule has 1 saturated carbocycles. The van der Waals surface area contributed by atoms with Crippen LogP contribution >= 0.6 is 0 Å². The first kappa shape index (κ1) is 15.0. The second-order valence-corrected chi connectivity index (χ2v) is 6.87. The van der Waals surface area contributed by atoms with Gasteiger partial charge in [0.1, 0.15) is 11.7 Å². The molecule has 1 unspecified atom stereocenters. The molecule has 8 heteroatoms. The third kappa shape index (κ3) is 3.18. The fourth-order valence-electron chi connectivity index (χ4n) is 2.15. The van der Waals surface area contributed by atoms with E-state index in [0.29, 0.717) is 5.82 Å². The van der Waals surface area contributed by atoms with Crippen molar-refractivity contribution in [3.63, 3.8) is 0 Å². The molecular weight excluding hydrogens is 278 g/mol. The van der Waals surface area contributed by atoms with Crippen LogP contribution in [-0.4, -0.2) is 29.8 Å². The number of amidine groups is 1. The van der Waals surface area contributed by atoms with Gasteiger partial charge in [-0.3, -0.25) is 5.41 Å². The molecule has 112 valence electrons. The van der Waals surface area contributed by atoms with Crippen molar-refractivity contribution in [2.75, 3.05) is 0 Å². The average molecular weight is 299 g/mol. The Morgan fingerprint density at radius 1 is 1.65 bits per heavy atom. The van der Waals surface area contributed by atoms with E-state index in [4.69, 9.17) is 11.1 Å². The summed E-state index contributed by atoms with van der Waals surface area (Å²) in [6, 6.07) is -0.614. The lowest BCUT2D eigenvalue weighted by Crippen LogP contribution is -2.45. The zero-order valence-corrected chi connectivity index (χ0v) is 12.6. The van der Waals surface area contributed by atoms with Crippen molar-refractivity contribution in [2.24, 2.45) is 11.7 Å². The number of sulfonamides is 1. The first-order valence-electron chi connectivity index (χ1n) is 6.75. The van der Waals surface area contributed by atoms with Crippen molar-refractivity contribution < 1.29 is 8.42 Å². The third-order valence-corrected chi connectivity index (χ3v) is 4.72. The van der Waals surface area contributed by atoms with Crippen molar-refractivity contribution in [1.29, 1.82) is 5.41 Å². The first-order valence-corrected chi connectivity index (χ1v) is 8.23. The molecule has 7 nitrogen and oxygen atoms in total. The van der Waals surface area contributed by atoms with Gasteiger partial charge in [-0.1, -0.05) is 6.92 Å². The van der Waals surface area contributed by atoms with Crippen LogP contribution in [0.5, 0.6) is 0 Å². The highest BCUT2D eigenvalue weighted by molar-refractivity contribution is 7.89. The van der Waals surface area contributed by atoms with Crippen LogP contribution in [0.15, 0.2) is 11.2 Å². The molecule has 2 rings (SSSR count). The Kier molecular flexibility index (Phi) is 4.14. The van der Waals surface area contributed by atoms with Crippen LogP contribution in [0.2, 0.25) is 0 Å². The highest BCUT2D eigenvalue weighted by Gasteiger charge is 2.37. The maximum absolute atomic E-state index is 12.3. The summed E-state index contributed by atoms with van der Waals surface area (Å²) >= 11 is 0. The van der Waals surface area contributed by atoms with Crippen LogP contribution in [0.3, 0.4) is 0 Å². The van der Waals surface area contributed by atoms with Gasteiger partial charge in [0.05, 0.1) is 6.04 Å². The number of nitrogens with one attached hydrogen (secondary N) is 2. The molecule has 0 radical (unpaired) electrons. The van der Waals surface area contributed by atoms with E-state index in [1.165, 1.54) is 6.20 Å². The molecule has 1 fully saturated rings. The molecule has 0 spiro atoms. The van der Waals surface area contributed by atoms with Gasteiger partial charge in [-0.2, -0.15) is 4.72 Å². The Hall–Kier alpha value is -1.41. The van der Waals surface area contributed by atoms with Crippen LogP contribution in [0.1, 0.15) is 32.0 Å². The van der Waals surface area contributed by atoms with Gasteiger partial charge in [-0.25, -0.2) is 13.4 Å². The Bertz CT molecular complexity index is 603. The predicted octanol–water partition coefficient (Wildman–Crippen LogP) is 0.594.